The number of carbonyl (C=O) groups is 1. The Morgan fingerprint density at radius 1 is 0.962 bits per heavy atom. The average Bonchev–Trinajstić information content (AvgIpc) is 2.96. The molecule has 2 aromatic carbocycles. The second-order valence-electron chi connectivity index (χ2n) is 6.86. The van der Waals surface area contributed by atoms with Gasteiger partial charge in [0, 0.05) is 11.6 Å². The number of benzene rings is 2. The van der Waals surface area contributed by atoms with Crippen molar-refractivity contribution in [2.45, 2.75) is 44.6 Å². The fraction of sp³-hybridized carbons (Fsp3) is 0.348. The van der Waals surface area contributed by atoms with Crippen LogP contribution < -0.4 is 10.1 Å². The zero-order valence-corrected chi connectivity index (χ0v) is 15.4. The van der Waals surface area contributed by atoms with Crippen LogP contribution in [0.25, 0.3) is 11.6 Å². The average molecular weight is 349 g/mol. The Bertz CT molecular complexity index is 727. The van der Waals surface area contributed by atoms with Crippen molar-refractivity contribution in [3.63, 3.8) is 0 Å². The molecule has 0 saturated heterocycles. The Morgan fingerprint density at radius 3 is 2.23 bits per heavy atom. The number of methoxy groups -OCH3 is 1. The molecule has 136 valence electrons. The third kappa shape index (κ3) is 4.98. The number of nitrogens with one attached hydrogen (secondary N) is 1. The summed E-state index contributed by atoms with van der Waals surface area (Å²) in [5.74, 6) is 0.824. The molecule has 3 nitrogen and oxygen atoms in total. The van der Waals surface area contributed by atoms with Gasteiger partial charge in [-0.3, -0.25) is 4.79 Å². The fourth-order valence-electron chi connectivity index (χ4n) is 3.45. The minimum absolute atomic E-state index is 0.0129. The smallest absolute Gasteiger partial charge is 0.252 e. The monoisotopic (exact) mass is 349 g/mol. The molecule has 0 aliphatic heterocycles. The second-order valence-corrected chi connectivity index (χ2v) is 6.86. The summed E-state index contributed by atoms with van der Waals surface area (Å²) in [7, 11) is 1.65. The summed E-state index contributed by atoms with van der Waals surface area (Å²) in [6.45, 7) is 0. The molecule has 1 aliphatic rings. The molecule has 1 aliphatic carbocycles. The molecule has 0 aromatic heterocycles. The van der Waals surface area contributed by atoms with E-state index in [9.17, 15) is 4.79 Å². The number of carbonyl (C=O) groups excluding carboxylic acids is 1. The lowest BCUT2D eigenvalue weighted by Crippen LogP contribution is -2.34. The van der Waals surface area contributed by atoms with Crippen molar-refractivity contribution in [2.24, 2.45) is 0 Å². The SMILES string of the molecule is COc1ccc(/C=C(/C(=O)NC2CCCCCC2)c2ccccc2)cc1. The normalized spacial score (nSPS) is 16.0. The maximum absolute atomic E-state index is 13.0. The molecular weight excluding hydrogens is 322 g/mol. The van der Waals surface area contributed by atoms with E-state index in [4.69, 9.17) is 4.74 Å². The molecule has 0 spiro atoms. The van der Waals surface area contributed by atoms with E-state index in [1.807, 2.05) is 60.7 Å². The number of rotatable bonds is 5. The van der Waals surface area contributed by atoms with Gasteiger partial charge in [-0.1, -0.05) is 68.1 Å². The molecular formula is C23H27NO2. The first-order valence-electron chi connectivity index (χ1n) is 9.48. The van der Waals surface area contributed by atoms with Crippen molar-refractivity contribution in [3.05, 3.63) is 65.7 Å². The maximum Gasteiger partial charge on any atom is 0.252 e. The largest absolute Gasteiger partial charge is 0.497 e. The Morgan fingerprint density at radius 2 is 1.62 bits per heavy atom. The lowest BCUT2D eigenvalue weighted by molar-refractivity contribution is -0.116. The van der Waals surface area contributed by atoms with Crippen LogP contribution in [0.5, 0.6) is 5.75 Å². The van der Waals surface area contributed by atoms with E-state index in [1.54, 1.807) is 7.11 Å². The molecule has 1 N–H and O–H groups in total. The standard InChI is InChI=1S/C23H27NO2/c1-26-21-15-13-18(14-16-21)17-22(19-9-5-4-6-10-19)23(25)24-20-11-7-2-3-8-12-20/h4-6,9-10,13-17,20H,2-3,7-8,11-12H2,1H3,(H,24,25)/b22-17+. The molecule has 3 rings (SSSR count). The van der Waals surface area contributed by atoms with Crippen LogP contribution >= 0.6 is 0 Å². The highest BCUT2D eigenvalue weighted by Crippen LogP contribution is 2.22. The van der Waals surface area contributed by atoms with Gasteiger partial charge in [0.2, 0.25) is 0 Å². The highest BCUT2D eigenvalue weighted by molar-refractivity contribution is 6.24. The van der Waals surface area contributed by atoms with Gasteiger partial charge in [-0.15, -0.1) is 0 Å². The first kappa shape index (κ1) is 18.2. The topological polar surface area (TPSA) is 38.3 Å². The fourth-order valence-corrected chi connectivity index (χ4v) is 3.45. The molecule has 1 amide bonds. The van der Waals surface area contributed by atoms with Gasteiger partial charge in [0.25, 0.3) is 5.91 Å². The number of amides is 1. The van der Waals surface area contributed by atoms with E-state index in [0.717, 1.165) is 29.7 Å². The summed E-state index contributed by atoms with van der Waals surface area (Å²) in [4.78, 5) is 13.0. The molecule has 0 radical (unpaired) electrons. The van der Waals surface area contributed by atoms with Crippen LogP contribution in [0, 0.1) is 0 Å². The summed E-state index contributed by atoms with van der Waals surface area (Å²) >= 11 is 0. The quantitative estimate of drug-likeness (QED) is 0.465. The van der Waals surface area contributed by atoms with E-state index in [-0.39, 0.29) is 11.9 Å². The van der Waals surface area contributed by atoms with Gasteiger partial charge in [-0.05, 0) is 42.2 Å². The van der Waals surface area contributed by atoms with E-state index in [2.05, 4.69) is 5.32 Å². The minimum atomic E-state index is 0.0129. The van der Waals surface area contributed by atoms with Gasteiger partial charge in [-0.25, -0.2) is 0 Å². The van der Waals surface area contributed by atoms with Crippen LogP contribution in [0.15, 0.2) is 54.6 Å². The van der Waals surface area contributed by atoms with Crippen molar-refractivity contribution in [1.82, 2.24) is 5.32 Å². The van der Waals surface area contributed by atoms with Crippen molar-refractivity contribution in [3.8, 4) is 5.75 Å². The third-order valence-electron chi connectivity index (χ3n) is 4.95. The molecule has 0 unspecified atom stereocenters. The van der Waals surface area contributed by atoms with Crippen LogP contribution in [0.4, 0.5) is 0 Å². The summed E-state index contributed by atoms with van der Waals surface area (Å²) in [6.07, 6.45) is 9.08. The number of ether oxygens (including phenoxy) is 1. The molecule has 0 bridgehead atoms. The number of hydrogen-bond acceptors (Lipinski definition) is 2. The van der Waals surface area contributed by atoms with E-state index in [1.165, 1.54) is 25.7 Å². The second kappa shape index (κ2) is 9.23. The summed E-state index contributed by atoms with van der Waals surface area (Å²) in [5.41, 5.74) is 2.63. The molecule has 3 heteroatoms. The lowest BCUT2D eigenvalue weighted by Gasteiger charge is -2.18. The molecule has 0 atom stereocenters. The highest BCUT2D eigenvalue weighted by atomic mass is 16.5. The molecule has 1 fully saturated rings. The zero-order chi connectivity index (χ0) is 18.2. The molecule has 26 heavy (non-hydrogen) atoms. The molecule has 0 heterocycles. The summed E-state index contributed by atoms with van der Waals surface area (Å²) in [5, 5.41) is 3.27. The first-order chi connectivity index (χ1) is 12.8. The molecule has 2 aromatic rings. The lowest BCUT2D eigenvalue weighted by atomic mass is 10.0. The number of hydrogen-bond donors (Lipinski definition) is 1. The Balaban J connectivity index is 1.84. The van der Waals surface area contributed by atoms with Crippen LogP contribution in [-0.4, -0.2) is 19.1 Å². The summed E-state index contributed by atoms with van der Waals surface area (Å²) < 4.78 is 5.22. The van der Waals surface area contributed by atoms with E-state index in [0.29, 0.717) is 5.57 Å². The third-order valence-corrected chi connectivity index (χ3v) is 4.95. The predicted molar refractivity (Wildman–Crippen MR) is 107 cm³/mol. The van der Waals surface area contributed by atoms with Gasteiger partial charge in [0.05, 0.1) is 7.11 Å². The van der Waals surface area contributed by atoms with Crippen LogP contribution in [0.3, 0.4) is 0 Å². The van der Waals surface area contributed by atoms with Crippen LogP contribution in [0.2, 0.25) is 0 Å². The molecule has 1 saturated carbocycles. The zero-order valence-electron chi connectivity index (χ0n) is 15.4. The van der Waals surface area contributed by atoms with Crippen molar-refractivity contribution in [1.29, 1.82) is 0 Å². The maximum atomic E-state index is 13.0. The van der Waals surface area contributed by atoms with Gasteiger partial charge in [0.1, 0.15) is 5.75 Å². The van der Waals surface area contributed by atoms with Gasteiger partial charge < -0.3 is 10.1 Å². The highest BCUT2D eigenvalue weighted by Gasteiger charge is 2.18. The Labute approximate surface area is 156 Å². The predicted octanol–water partition coefficient (Wildman–Crippen LogP) is 5.07. The van der Waals surface area contributed by atoms with Gasteiger partial charge >= 0.3 is 0 Å². The van der Waals surface area contributed by atoms with Crippen LogP contribution in [-0.2, 0) is 4.79 Å². The van der Waals surface area contributed by atoms with Gasteiger partial charge in [0.15, 0.2) is 0 Å². The van der Waals surface area contributed by atoms with Crippen molar-refractivity contribution >= 4 is 17.6 Å². The Hall–Kier alpha value is -2.55. The van der Waals surface area contributed by atoms with Crippen molar-refractivity contribution in [2.75, 3.05) is 7.11 Å². The van der Waals surface area contributed by atoms with Crippen LogP contribution in [0.1, 0.15) is 49.7 Å². The Kier molecular flexibility index (Phi) is 6.48. The van der Waals surface area contributed by atoms with E-state index >= 15 is 0 Å². The summed E-state index contributed by atoms with van der Waals surface area (Å²) in [6, 6.07) is 17.9. The van der Waals surface area contributed by atoms with Crippen molar-refractivity contribution < 1.29 is 9.53 Å². The van der Waals surface area contributed by atoms with Gasteiger partial charge in [-0.2, -0.15) is 0 Å². The minimum Gasteiger partial charge on any atom is -0.497 e. The first-order valence-corrected chi connectivity index (χ1v) is 9.48. The van der Waals surface area contributed by atoms with E-state index < -0.39 is 0 Å².